The van der Waals surface area contributed by atoms with Gasteiger partial charge in [0, 0.05) is 38.0 Å². The lowest BCUT2D eigenvalue weighted by molar-refractivity contribution is -0.122. The van der Waals surface area contributed by atoms with Crippen LogP contribution in [0.2, 0.25) is 0 Å². The number of hydrogen-bond acceptors (Lipinski definition) is 7. The Kier molecular flexibility index (Phi) is 6.08. The van der Waals surface area contributed by atoms with E-state index in [0.717, 1.165) is 38.5 Å². The monoisotopic (exact) mass is 416 g/mol. The van der Waals surface area contributed by atoms with Gasteiger partial charge in [0.15, 0.2) is 5.13 Å². The van der Waals surface area contributed by atoms with E-state index in [-0.39, 0.29) is 18.2 Å². The van der Waals surface area contributed by atoms with Crippen LogP contribution in [0.5, 0.6) is 5.75 Å². The summed E-state index contributed by atoms with van der Waals surface area (Å²) in [7, 11) is 1.57. The Morgan fingerprint density at radius 1 is 1.34 bits per heavy atom. The van der Waals surface area contributed by atoms with Gasteiger partial charge < -0.3 is 19.7 Å². The number of aromatic nitrogens is 1. The predicted molar refractivity (Wildman–Crippen MR) is 110 cm³/mol. The number of thiazole rings is 1. The number of morpholine rings is 1. The van der Waals surface area contributed by atoms with Crippen molar-refractivity contribution in [3.63, 3.8) is 0 Å². The van der Waals surface area contributed by atoms with Crippen LogP contribution in [0.25, 0.3) is 0 Å². The SMILES string of the molecule is COc1ccccc1N1CC(C(=O)Nc2nc(CN3CCOCC3)cs2)CC1=O. The van der Waals surface area contributed by atoms with E-state index in [1.165, 1.54) is 11.3 Å². The summed E-state index contributed by atoms with van der Waals surface area (Å²) in [5.74, 6) is -0.0570. The van der Waals surface area contributed by atoms with Gasteiger partial charge in [-0.1, -0.05) is 12.1 Å². The van der Waals surface area contributed by atoms with Crippen molar-refractivity contribution in [2.45, 2.75) is 13.0 Å². The van der Waals surface area contributed by atoms with Crippen LogP contribution in [0.1, 0.15) is 12.1 Å². The number of amides is 2. The number of nitrogens with zero attached hydrogens (tertiary/aromatic N) is 3. The third-order valence-electron chi connectivity index (χ3n) is 5.14. The molecule has 154 valence electrons. The first-order valence-corrected chi connectivity index (χ1v) is 10.5. The molecule has 3 heterocycles. The molecule has 0 bridgehead atoms. The Morgan fingerprint density at radius 3 is 2.93 bits per heavy atom. The van der Waals surface area contributed by atoms with Crippen LogP contribution >= 0.6 is 11.3 Å². The average molecular weight is 417 g/mol. The van der Waals surface area contributed by atoms with E-state index in [1.807, 2.05) is 29.6 Å². The molecule has 0 aliphatic carbocycles. The number of carbonyl (C=O) groups excluding carboxylic acids is 2. The number of methoxy groups -OCH3 is 1. The lowest BCUT2D eigenvalue weighted by atomic mass is 10.1. The van der Waals surface area contributed by atoms with Crippen LogP contribution in [0.15, 0.2) is 29.6 Å². The second kappa shape index (κ2) is 8.89. The third kappa shape index (κ3) is 4.58. The fourth-order valence-corrected chi connectivity index (χ4v) is 4.31. The molecule has 0 saturated carbocycles. The number of rotatable bonds is 6. The molecule has 2 aliphatic rings. The molecule has 2 saturated heterocycles. The van der Waals surface area contributed by atoms with Crippen molar-refractivity contribution in [2.75, 3.05) is 50.2 Å². The van der Waals surface area contributed by atoms with Gasteiger partial charge >= 0.3 is 0 Å². The third-order valence-corrected chi connectivity index (χ3v) is 5.95. The Bertz CT molecular complexity index is 881. The second-order valence-electron chi connectivity index (χ2n) is 7.10. The lowest BCUT2D eigenvalue weighted by Gasteiger charge is -2.25. The largest absolute Gasteiger partial charge is 0.495 e. The Morgan fingerprint density at radius 2 is 2.14 bits per heavy atom. The van der Waals surface area contributed by atoms with Gasteiger partial charge in [0.1, 0.15) is 5.75 Å². The molecule has 4 rings (SSSR count). The van der Waals surface area contributed by atoms with Crippen molar-refractivity contribution in [2.24, 2.45) is 5.92 Å². The topological polar surface area (TPSA) is 84.0 Å². The molecule has 0 radical (unpaired) electrons. The van der Waals surface area contributed by atoms with Gasteiger partial charge in [0.05, 0.1) is 37.6 Å². The number of anilines is 2. The maximum atomic E-state index is 12.7. The summed E-state index contributed by atoms with van der Waals surface area (Å²) in [5, 5.41) is 5.41. The number of benzene rings is 1. The molecule has 1 N–H and O–H groups in total. The number of hydrogen-bond donors (Lipinski definition) is 1. The highest BCUT2D eigenvalue weighted by atomic mass is 32.1. The van der Waals surface area contributed by atoms with Crippen molar-refractivity contribution < 1.29 is 19.1 Å². The molecule has 29 heavy (non-hydrogen) atoms. The van der Waals surface area contributed by atoms with Gasteiger partial charge in [0.25, 0.3) is 0 Å². The minimum absolute atomic E-state index is 0.0817. The molecule has 1 aromatic carbocycles. The van der Waals surface area contributed by atoms with E-state index in [9.17, 15) is 9.59 Å². The molecular formula is C20H24N4O4S. The summed E-state index contributed by atoms with van der Waals surface area (Å²) in [5.41, 5.74) is 1.63. The van der Waals surface area contributed by atoms with Crippen LogP contribution in [-0.4, -0.2) is 61.7 Å². The highest BCUT2D eigenvalue weighted by Gasteiger charge is 2.36. The summed E-state index contributed by atoms with van der Waals surface area (Å²) < 4.78 is 10.7. The predicted octanol–water partition coefficient (Wildman–Crippen LogP) is 1.98. The Balaban J connectivity index is 1.36. The van der Waals surface area contributed by atoms with E-state index in [4.69, 9.17) is 9.47 Å². The normalized spacial score (nSPS) is 20.1. The molecule has 8 nitrogen and oxygen atoms in total. The van der Waals surface area contributed by atoms with Crippen LogP contribution in [0.4, 0.5) is 10.8 Å². The minimum Gasteiger partial charge on any atom is -0.495 e. The number of carbonyl (C=O) groups is 2. The van der Waals surface area contributed by atoms with Crippen LogP contribution in [0.3, 0.4) is 0 Å². The standard InChI is InChI=1S/C20H24N4O4S/c1-27-17-5-3-2-4-16(17)24-11-14(10-18(24)25)19(26)22-20-21-15(13-29-20)12-23-6-8-28-9-7-23/h2-5,13-14H,6-12H2,1H3,(H,21,22,26). The van der Waals surface area contributed by atoms with Crippen LogP contribution < -0.4 is 15.0 Å². The molecule has 9 heteroatoms. The number of ether oxygens (including phenoxy) is 2. The first-order valence-electron chi connectivity index (χ1n) is 9.63. The lowest BCUT2D eigenvalue weighted by Crippen LogP contribution is -2.35. The molecule has 1 unspecified atom stereocenters. The van der Waals surface area contributed by atoms with Crippen LogP contribution in [0, 0.1) is 5.92 Å². The van der Waals surface area contributed by atoms with E-state index >= 15 is 0 Å². The van der Waals surface area contributed by atoms with Crippen LogP contribution in [-0.2, 0) is 20.9 Å². The number of para-hydroxylation sites is 2. The molecule has 2 aromatic rings. The summed E-state index contributed by atoms with van der Waals surface area (Å²) in [6.07, 6.45) is 0.176. The van der Waals surface area contributed by atoms with Gasteiger partial charge in [-0.25, -0.2) is 4.98 Å². The Labute approximate surface area is 173 Å². The van der Waals surface area contributed by atoms with E-state index in [1.54, 1.807) is 12.0 Å². The van der Waals surface area contributed by atoms with E-state index in [0.29, 0.717) is 23.1 Å². The highest BCUT2D eigenvalue weighted by molar-refractivity contribution is 7.13. The fraction of sp³-hybridized carbons (Fsp3) is 0.450. The quantitative estimate of drug-likeness (QED) is 0.775. The van der Waals surface area contributed by atoms with Crippen molar-refractivity contribution in [3.05, 3.63) is 35.3 Å². The molecule has 2 aliphatic heterocycles. The fourth-order valence-electron chi connectivity index (χ4n) is 3.60. The first-order chi connectivity index (χ1) is 14.1. The van der Waals surface area contributed by atoms with Gasteiger partial charge in [-0.3, -0.25) is 14.5 Å². The molecule has 2 amide bonds. The van der Waals surface area contributed by atoms with Crippen molar-refractivity contribution in [1.82, 2.24) is 9.88 Å². The van der Waals surface area contributed by atoms with Gasteiger partial charge in [-0.15, -0.1) is 11.3 Å². The maximum absolute atomic E-state index is 12.7. The summed E-state index contributed by atoms with van der Waals surface area (Å²) in [6.45, 7) is 4.35. The smallest absolute Gasteiger partial charge is 0.231 e. The molecule has 1 atom stereocenters. The molecule has 2 fully saturated rings. The zero-order valence-corrected chi connectivity index (χ0v) is 17.1. The molecule has 1 aromatic heterocycles. The number of nitrogens with one attached hydrogen (secondary N) is 1. The Hall–Kier alpha value is -2.49. The summed E-state index contributed by atoms with van der Waals surface area (Å²) in [6, 6.07) is 7.34. The second-order valence-corrected chi connectivity index (χ2v) is 7.96. The molecular weight excluding hydrogens is 392 g/mol. The molecule has 0 spiro atoms. The average Bonchev–Trinajstić information content (AvgIpc) is 3.35. The summed E-state index contributed by atoms with van der Waals surface area (Å²) >= 11 is 1.41. The van der Waals surface area contributed by atoms with Crippen molar-refractivity contribution in [1.29, 1.82) is 0 Å². The first kappa shape index (κ1) is 19.8. The summed E-state index contributed by atoms with van der Waals surface area (Å²) in [4.78, 5) is 33.6. The van der Waals surface area contributed by atoms with Gasteiger partial charge in [0.2, 0.25) is 11.8 Å². The van der Waals surface area contributed by atoms with Crippen molar-refractivity contribution in [3.8, 4) is 5.75 Å². The van der Waals surface area contributed by atoms with E-state index < -0.39 is 5.92 Å². The zero-order valence-electron chi connectivity index (χ0n) is 16.3. The minimum atomic E-state index is -0.418. The zero-order chi connectivity index (χ0) is 20.2. The van der Waals surface area contributed by atoms with Gasteiger partial charge in [-0.2, -0.15) is 0 Å². The van der Waals surface area contributed by atoms with Crippen molar-refractivity contribution >= 4 is 34.0 Å². The maximum Gasteiger partial charge on any atom is 0.231 e. The van der Waals surface area contributed by atoms with E-state index in [2.05, 4.69) is 15.2 Å². The van der Waals surface area contributed by atoms with Gasteiger partial charge in [-0.05, 0) is 12.1 Å². The highest BCUT2D eigenvalue weighted by Crippen LogP contribution is 2.33.